The number of halogens is 1. The van der Waals surface area contributed by atoms with E-state index in [1.807, 2.05) is 0 Å². The minimum absolute atomic E-state index is 0.00316. The van der Waals surface area contributed by atoms with E-state index in [1.165, 1.54) is 25.3 Å². The van der Waals surface area contributed by atoms with E-state index in [4.69, 9.17) is 13.9 Å². The van der Waals surface area contributed by atoms with Crippen molar-refractivity contribution in [3.05, 3.63) is 84.4 Å². The van der Waals surface area contributed by atoms with Crippen molar-refractivity contribution < 1.29 is 27.9 Å². The highest BCUT2D eigenvalue weighted by molar-refractivity contribution is 6.14. The molecule has 0 spiro atoms. The number of amides is 2. The van der Waals surface area contributed by atoms with Gasteiger partial charge in [-0.25, -0.2) is 4.39 Å². The lowest BCUT2D eigenvalue weighted by Crippen LogP contribution is -2.22. The minimum atomic E-state index is -0.699. The number of furan rings is 1. The molecule has 1 heterocycles. The van der Waals surface area contributed by atoms with Crippen LogP contribution in [0.5, 0.6) is 11.5 Å². The summed E-state index contributed by atoms with van der Waals surface area (Å²) in [7, 11) is 1.53. The highest BCUT2D eigenvalue weighted by Gasteiger charge is 2.23. The molecule has 0 aliphatic rings. The molecule has 0 aliphatic carbocycles. The predicted octanol–water partition coefficient (Wildman–Crippen LogP) is 4.85. The predicted molar refractivity (Wildman–Crippen MR) is 118 cm³/mol. The second-order valence-electron chi connectivity index (χ2n) is 6.75. The normalized spacial score (nSPS) is 10.6. The Kier molecular flexibility index (Phi) is 6.03. The van der Waals surface area contributed by atoms with E-state index in [0.29, 0.717) is 22.5 Å². The maximum Gasteiger partial charge on any atom is 0.293 e. The molecule has 0 unspecified atom stereocenters. The topological polar surface area (TPSA) is 89.8 Å². The molecule has 0 bridgehead atoms. The van der Waals surface area contributed by atoms with Crippen molar-refractivity contribution in [1.82, 2.24) is 0 Å². The smallest absolute Gasteiger partial charge is 0.293 e. The molecule has 4 rings (SSSR count). The average Bonchev–Trinajstić information content (AvgIpc) is 3.18. The number of para-hydroxylation sites is 2. The molecule has 0 fully saturated rings. The fourth-order valence-electron chi connectivity index (χ4n) is 3.09. The van der Waals surface area contributed by atoms with Gasteiger partial charge in [-0.3, -0.25) is 9.59 Å². The number of benzene rings is 3. The second-order valence-corrected chi connectivity index (χ2v) is 6.75. The number of fused-ring (bicyclic) bond motifs is 1. The van der Waals surface area contributed by atoms with E-state index < -0.39 is 17.6 Å². The van der Waals surface area contributed by atoms with Crippen molar-refractivity contribution in [2.75, 3.05) is 24.4 Å². The number of nitrogens with one attached hydrogen (secondary N) is 2. The van der Waals surface area contributed by atoms with Crippen molar-refractivity contribution in [2.45, 2.75) is 0 Å². The molecule has 0 aliphatic heterocycles. The second kappa shape index (κ2) is 9.22. The monoisotopic (exact) mass is 434 g/mol. The number of anilines is 2. The van der Waals surface area contributed by atoms with Gasteiger partial charge in [-0.2, -0.15) is 0 Å². The number of hydrogen-bond acceptors (Lipinski definition) is 5. The van der Waals surface area contributed by atoms with Crippen molar-refractivity contribution in [3.63, 3.8) is 0 Å². The molecule has 0 saturated carbocycles. The summed E-state index contributed by atoms with van der Waals surface area (Å²) in [6.07, 6.45) is 0. The van der Waals surface area contributed by atoms with E-state index in [1.54, 1.807) is 54.6 Å². The highest BCUT2D eigenvalue weighted by Crippen LogP contribution is 2.31. The molecular formula is C24H19FN2O5. The first-order valence-corrected chi connectivity index (χ1v) is 9.69. The van der Waals surface area contributed by atoms with Crippen molar-refractivity contribution in [3.8, 4) is 11.5 Å². The van der Waals surface area contributed by atoms with Crippen LogP contribution in [0.4, 0.5) is 15.8 Å². The molecular weight excluding hydrogens is 415 g/mol. The van der Waals surface area contributed by atoms with Crippen LogP contribution < -0.4 is 20.1 Å². The van der Waals surface area contributed by atoms with Gasteiger partial charge in [0.1, 0.15) is 28.6 Å². The molecule has 2 N–H and O–H groups in total. The van der Waals surface area contributed by atoms with Crippen LogP contribution in [-0.4, -0.2) is 25.5 Å². The van der Waals surface area contributed by atoms with E-state index >= 15 is 0 Å². The standard InChI is InChI=1S/C24H19FN2O5/c1-30-15-7-6-8-16(13-15)31-14-21(28)27-22-17-9-2-5-12-20(17)32-23(22)24(29)26-19-11-4-3-10-18(19)25/h2-13H,14H2,1H3,(H,26,29)(H,27,28). The van der Waals surface area contributed by atoms with E-state index in [-0.39, 0.29) is 23.7 Å². The van der Waals surface area contributed by atoms with Crippen LogP contribution in [0.25, 0.3) is 11.0 Å². The molecule has 162 valence electrons. The molecule has 7 nitrogen and oxygen atoms in total. The molecule has 4 aromatic rings. The zero-order chi connectivity index (χ0) is 22.5. The molecule has 1 aromatic heterocycles. The molecule has 8 heteroatoms. The summed E-state index contributed by atoms with van der Waals surface area (Å²) in [4.78, 5) is 25.4. The van der Waals surface area contributed by atoms with Crippen LogP contribution in [0.1, 0.15) is 10.6 Å². The van der Waals surface area contributed by atoms with Crippen molar-refractivity contribution in [2.24, 2.45) is 0 Å². The summed E-state index contributed by atoms with van der Waals surface area (Å²) in [5.74, 6) is -0.891. The largest absolute Gasteiger partial charge is 0.497 e. The zero-order valence-electron chi connectivity index (χ0n) is 17.1. The maximum atomic E-state index is 14.0. The first-order chi connectivity index (χ1) is 15.5. The molecule has 2 amide bonds. The van der Waals surface area contributed by atoms with Crippen LogP contribution >= 0.6 is 0 Å². The van der Waals surface area contributed by atoms with E-state index in [0.717, 1.165) is 0 Å². The van der Waals surface area contributed by atoms with E-state index in [2.05, 4.69) is 10.6 Å². The summed E-state index contributed by atoms with van der Waals surface area (Å²) in [5, 5.41) is 5.67. The van der Waals surface area contributed by atoms with Crippen molar-refractivity contribution >= 4 is 34.2 Å². The third-order valence-corrected chi connectivity index (χ3v) is 4.60. The van der Waals surface area contributed by atoms with Crippen LogP contribution in [0, 0.1) is 5.82 Å². The number of ether oxygens (including phenoxy) is 2. The highest BCUT2D eigenvalue weighted by atomic mass is 19.1. The summed E-state index contributed by atoms with van der Waals surface area (Å²) < 4.78 is 30.3. The van der Waals surface area contributed by atoms with Gasteiger partial charge < -0.3 is 24.5 Å². The summed E-state index contributed by atoms with van der Waals surface area (Å²) in [6.45, 7) is -0.305. The van der Waals surface area contributed by atoms with Gasteiger partial charge in [0.15, 0.2) is 6.61 Å². The molecule has 3 aromatic carbocycles. The fraction of sp³-hybridized carbons (Fsp3) is 0.0833. The Hall–Kier alpha value is -4.33. The minimum Gasteiger partial charge on any atom is -0.497 e. The Bertz CT molecular complexity index is 1280. The Labute approximate surface area is 182 Å². The third-order valence-electron chi connectivity index (χ3n) is 4.60. The first kappa shape index (κ1) is 20.9. The Morgan fingerprint density at radius 1 is 0.938 bits per heavy atom. The van der Waals surface area contributed by atoms with Gasteiger partial charge in [0, 0.05) is 11.5 Å². The number of rotatable bonds is 7. The lowest BCUT2D eigenvalue weighted by Gasteiger charge is -2.09. The third kappa shape index (κ3) is 4.54. The van der Waals surface area contributed by atoms with Crippen molar-refractivity contribution in [1.29, 1.82) is 0 Å². The average molecular weight is 434 g/mol. The number of methoxy groups -OCH3 is 1. The van der Waals surface area contributed by atoms with Gasteiger partial charge in [0.05, 0.1) is 12.8 Å². The van der Waals surface area contributed by atoms with Gasteiger partial charge in [-0.05, 0) is 36.4 Å². The lowest BCUT2D eigenvalue weighted by atomic mass is 10.2. The Morgan fingerprint density at radius 2 is 1.69 bits per heavy atom. The van der Waals surface area contributed by atoms with Gasteiger partial charge >= 0.3 is 0 Å². The maximum absolute atomic E-state index is 14.0. The van der Waals surface area contributed by atoms with E-state index in [9.17, 15) is 14.0 Å². The molecule has 0 saturated heterocycles. The van der Waals surface area contributed by atoms with Crippen LogP contribution in [0.3, 0.4) is 0 Å². The quantitative estimate of drug-likeness (QED) is 0.434. The van der Waals surface area contributed by atoms with Gasteiger partial charge in [0.2, 0.25) is 5.76 Å². The van der Waals surface area contributed by atoms with Crippen LogP contribution in [-0.2, 0) is 4.79 Å². The summed E-state index contributed by atoms with van der Waals surface area (Å²) in [6, 6.07) is 19.4. The zero-order valence-corrected chi connectivity index (χ0v) is 17.1. The number of hydrogen-bond donors (Lipinski definition) is 2. The van der Waals surface area contributed by atoms with Crippen LogP contribution in [0.15, 0.2) is 77.2 Å². The number of carbonyl (C=O) groups is 2. The Morgan fingerprint density at radius 3 is 2.50 bits per heavy atom. The van der Waals surface area contributed by atoms with Crippen LogP contribution in [0.2, 0.25) is 0 Å². The summed E-state index contributed by atoms with van der Waals surface area (Å²) in [5.41, 5.74) is 0.570. The lowest BCUT2D eigenvalue weighted by molar-refractivity contribution is -0.118. The molecule has 32 heavy (non-hydrogen) atoms. The van der Waals surface area contributed by atoms with Gasteiger partial charge in [-0.1, -0.05) is 30.3 Å². The number of carbonyl (C=O) groups excluding carboxylic acids is 2. The van der Waals surface area contributed by atoms with Gasteiger partial charge in [0.25, 0.3) is 11.8 Å². The fourth-order valence-corrected chi connectivity index (χ4v) is 3.09. The Balaban J connectivity index is 1.55. The molecule has 0 radical (unpaired) electrons. The molecule has 0 atom stereocenters. The summed E-state index contributed by atoms with van der Waals surface area (Å²) >= 11 is 0. The SMILES string of the molecule is COc1cccc(OCC(=O)Nc2c(C(=O)Nc3ccccc3F)oc3ccccc23)c1. The first-order valence-electron chi connectivity index (χ1n) is 9.69. The van der Waals surface area contributed by atoms with Gasteiger partial charge in [-0.15, -0.1) is 0 Å².